The quantitative estimate of drug-likeness (QED) is 0.606. The third-order valence-corrected chi connectivity index (χ3v) is 5.88. The standard InChI is InChI=1S/C15H13IN2O2S/c1-10-3-5-12(6-4-10)21(19,20)18-9-13(16)14-11(2)7-8-17-15(14)18/h3-9H,1-2H3. The van der Waals surface area contributed by atoms with Gasteiger partial charge in [0.2, 0.25) is 0 Å². The highest BCUT2D eigenvalue weighted by Crippen LogP contribution is 2.27. The molecular formula is C15H13IN2O2S. The zero-order valence-corrected chi connectivity index (χ0v) is 14.5. The first-order chi connectivity index (χ1) is 9.91. The zero-order valence-electron chi connectivity index (χ0n) is 11.5. The summed E-state index contributed by atoms with van der Waals surface area (Å²) in [7, 11) is -3.63. The Bertz CT molecular complexity index is 928. The molecule has 2 heterocycles. The maximum Gasteiger partial charge on any atom is 0.269 e. The maximum atomic E-state index is 12.8. The summed E-state index contributed by atoms with van der Waals surface area (Å²) in [6.07, 6.45) is 3.26. The summed E-state index contributed by atoms with van der Waals surface area (Å²) < 4.78 is 27.8. The number of halogens is 1. The number of nitrogens with zero attached hydrogens (tertiary/aromatic N) is 2. The van der Waals surface area contributed by atoms with Crippen molar-refractivity contribution in [3.05, 3.63) is 57.4 Å². The first-order valence-electron chi connectivity index (χ1n) is 6.35. The lowest BCUT2D eigenvalue weighted by Crippen LogP contribution is -2.12. The van der Waals surface area contributed by atoms with Gasteiger partial charge < -0.3 is 0 Å². The lowest BCUT2D eigenvalue weighted by atomic mass is 10.2. The minimum absolute atomic E-state index is 0.268. The van der Waals surface area contributed by atoms with Gasteiger partial charge in [0.1, 0.15) is 0 Å². The molecule has 21 heavy (non-hydrogen) atoms. The number of hydrogen-bond donors (Lipinski definition) is 0. The van der Waals surface area contributed by atoms with Crippen LogP contribution in [0.2, 0.25) is 0 Å². The van der Waals surface area contributed by atoms with E-state index >= 15 is 0 Å². The molecule has 0 aliphatic rings. The molecule has 0 atom stereocenters. The van der Waals surface area contributed by atoms with E-state index in [4.69, 9.17) is 0 Å². The van der Waals surface area contributed by atoms with E-state index in [0.29, 0.717) is 5.65 Å². The Kier molecular flexibility index (Phi) is 3.53. The molecule has 0 amide bonds. The fourth-order valence-corrected chi connectivity index (χ4v) is 4.69. The molecule has 0 bridgehead atoms. The van der Waals surface area contributed by atoms with Crippen LogP contribution in [-0.2, 0) is 10.0 Å². The topological polar surface area (TPSA) is 52.0 Å². The van der Waals surface area contributed by atoms with Gasteiger partial charge in [0.25, 0.3) is 10.0 Å². The van der Waals surface area contributed by atoms with Crippen LogP contribution >= 0.6 is 22.6 Å². The van der Waals surface area contributed by atoms with Gasteiger partial charge >= 0.3 is 0 Å². The lowest BCUT2D eigenvalue weighted by molar-refractivity contribution is 0.588. The van der Waals surface area contributed by atoms with Crippen LogP contribution < -0.4 is 0 Å². The summed E-state index contributed by atoms with van der Waals surface area (Å²) in [5.41, 5.74) is 2.51. The fraction of sp³-hybridized carbons (Fsp3) is 0.133. The molecule has 0 saturated heterocycles. The molecule has 3 rings (SSSR count). The van der Waals surface area contributed by atoms with Crippen LogP contribution in [0.4, 0.5) is 0 Å². The van der Waals surface area contributed by atoms with Crippen molar-refractivity contribution in [3.8, 4) is 0 Å². The van der Waals surface area contributed by atoms with E-state index in [1.54, 1.807) is 36.7 Å². The van der Waals surface area contributed by atoms with Crippen LogP contribution in [0.15, 0.2) is 47.6 Å². The smallest absolute Gasteiger partial charge is 0.237 e. The van der Waals surface area contributed by atoms with Crippen LogP contribution in [0.25, 0.3) is 11.0 Å². The Morgan fingerprint density at radius 2 is 1.76 bits per heavy atom. The van der Waals surface area contributed by atoms with Gasteiger partial charge in [0.15, 0.2) is 5.65 Å². The largest absolute Gasteiger partial charge is 0.269 e. The molecule has 2 aromatic heterocycles. The van der Waals surface area contributed by atoms with Gasteiger partial charge in [0, 0.05) is 21.4 Å². The molecule has 6 heteroatoms. The molecule has 0 fully saturated rings. The molecule has 0 spiro atoms. The number of fused-ring (bicyclic) bond motifs is 1. The SMILES string of the molecule is Cc1ccc(S(=O)(=O)n2cc(I)c3c(C)ccnc32)cc1. The van der Waals surface area contributed by atoms with E-state index in [9.17, 15) is 8.42 Å². The molecule has 0 aliphatic heterocycles. The predicted molar refractivity (Wildman–Crippen MR) is 90.9 cm³/mol. The number of aromatic nitrogens is 2. The second kappa shape index (κ2) is 5.10. The Balaban J connectivity index is 2.29. The molecule has 0 unspecified atom stereocenters. The van der Waals surface area contributed by atoms with Gasteiger partial charge in [0.05, 0.1) is 4.90 Å². The van der Waals surface area contributed by atoms with Gasteiger partial charge in [-0.25, -0.2) is 17.4 Å². The zero-order chi connectivity index (χ0) is 15.2. The van der Waals surface area contributed by atoms with Crippen molar-refractivity contribution in [2.75, 3.05) is 0 Å². The van der Waals surface area contributed by atoms with E-state index in [1.165, 1.54) is 3.97 Å². The van der Waals surface area contributed by atoms with Crippen molar-refractivity contribution in [1.82, 2.24) is 8.96 Å². The van der Waals surface area contributed by atoms with E-state index in [2.05, 4.69) is 27.6 Å². The Morgan fingerprint density at radius 3 is 2.43 bits per heavy atom. The summed E-state index contributed by atoms with van der Waals surface area (Å²) in [5.74, 6) is 0. The highest BCUT2D eigenvalue weighted by Gasteiger charge is 2.22. The first kappa shape index (κ1) is 14.5. The molecule has 0 aliphatic carbocycles. The average Bonchev–Trinajstić information content (AvgIpc) is 2.79. The number of hydrogen-bond acceptors (Lipinski definition) is 3. The van der Waals surface area contributed by atoms with Gasteiger partial charge in [-0.15, -0.1) is 0 Å². The number of benzene rings is 1. The van der Waals surface area contributed by atoms with Gasteiger partial charge in [-0.3, -0.25) is 0 Å². The normalized spacial score (nSPS) is 12.0. The third-order valence-electron chi connectivity index (χ3n) is 3.40. The Hall–Kier alpha value is -1.41. The van der Waals surface area contributed by atoms with Crippen LogP contribution in [-0.4, -0.2) is 17.4 Å². The van der Waals surface area contributed by atoms with Crippen LogP contribution in [0.5, 0.6) is 0 Å². The number of rotatable bonds is 2. The molecular weight excluding hydrogens is 399 g/mol. The van der Waals surface area contributed by atoms with Crippen molar-refractivity contribution >= 4 is 43.6 Å². The minimum Gasteiger partial charge on any atom is -0.237 e. The van der Waals surface area contributed by atoms with Gasteiger partial charge in [-0.05, 0) is 60.2 Å². The predicted octanol–water partition coefficient (Wildman–Crippen LogP) is 3.49. The molecule has 0 N–H and O–H groups in total. The Labute approximate surface area is 137 Å². The summed E-state index contributed by atoms with van der Waals surface area (Å²) in [6.45, 7) is 3.88. The fourth-order valence-electron chi connectivity index (χ4n) is 2.24. The molecule has 4 nitrogen and oxygen atoms in total. The van der Waals surface area contributed by atoms with Crippen molar-refractivity contribution in [3.63, 3.8) is 0 Å². The minimum atomic E-state index is -3.63. The van der Waals surface area contributed by atoms with Gasteiger partial charge in [-0.1, -0.05) is 17.7 Å². The van der Waals surface area contributed by atoms with Crippen molar-refractivity contribution in [2.45, 2.75) is 18.7 Å². The van der Waals surface area contributed by atoms with Gasteiger partial charge in [-0.2, -0.15) is 0 Å². The van der Waals surface area contributed by atoms with Crippen LogP contribution in [0.3, 0.4) is 0 Å². The third kappa shape index (κ3) is 2.36. The van der Waals surface area contributed by atoms with E-state index in [0.717, 1.165) is 20.1 Å². The van der Waals surface area contributed by atoms with Crippen molar-refractivity contribution in [1.29, 1.82) is 0 Å². The summed E-state index contributed by atoms with van der Waals surface area (Å²) in [6, 6.07) is 8.72. The summed E-state index contributed by atoms with van der Waals surface area (Å²) in [5, 5.41) is 0.883. The Morgan fingerprint density at radius 1 is 1.10 bits per heavy atom. The summed E-state index contributed by atoms with van der Waals surface area (Å²) >= 11 is 2.14. The van der Waals surface area contributed by atoms with Crippen LogP contribution in [0, 0.1) is 17.4 Å². The summed E-state index contributed by atoms with van der Waals surface area (Å²) in [4.78, 5) is 4.52. The van der Waals surface area contributed by atoms with Crippen molar-refractivity contribution < 1.29 is 8.42 Å². The highest BCUT2D eigenvalue weighted by molar-refractivity contribution is 14.1. The first-order valence-corrected chi connectivity index (χ1v) is 8.87. The molecule has 108 valence electrons. The number of pyridine rings is 1. The molecule has 0 radical (unpaired) electrons. The van der Waals surface area contributed by atoms with E-state index in [1.807, 2.05) is 19.9 Å². The maximum absolute atomic E-state index is 12.8. The molecule has 3 aromatic rings. The van der Waals surface area contributed by atoms with Crippen molar-refractivity contribution in [2.24, 2.45) is 0 Å². The number of aryl methyl sites for hydroxylation is 2. The van der Waals surface area contributed by atoms with E-state index < -0.39 is 10.0 Å². The second-order valence-corrected chi connectivity index (χ2v) is 7.89. The average molecular weight is 412 g/mol. The lowest BCUT2D eigenvalue weighted by Gasteiger charge is -2.07. The van der Waals surface area contributed by atoms with Crippen LogP contribution in [0.1, 0.15) is 11.1 Å². The monoisotopic (exact) mass is 412 g/mol. The molecule has 0 saturated carbocycles. The molecule has 1 aromatic carbocycles. The van der Waals surface area contributed by atoms with E-state index in [-0.39, 0.29) is 4.90 Å². The second-order valence-electron chi connectivity index (χ2n) is 4.92. The highest BCUT2D eigenvalue weighted by atomic mass is 127.